The van der Waals surface area contributed by atoms with Gasteiger partial charge in [-0.2, -0.15) is 5.10 Å². The molecule has 3 amide bonds. The molecule has 0 aliphatic carbocycles. The molecule has 0 saturated carbocycles. The maximum atomic E-state index is 12.2. The molecular weight excluding hydrogens is 424 g/mol. The largest absolute Gasteiger partial charge is 0.484 e. The minimum Gasteiger partial charge on any atom is -0.484 e. The number of hydrazone groups is 1. The van der Waals surface area contributed by atoms with Crippen molar-refractivity contribution in [1.82, 2.24) is 10.7 Å². The second kappa shape index (κ2) is 11.8. The molecular formula is C24H28N4O5. The predicted molar refractivity (Wildman–Crippen MR) is 124 cm³/mol. The van der Waals surface area contributed by atoms with Gasteiger partial charge in [0, 0.05) is 18.8 Å². The highest BCUT2D eigenvalue weighted by Crippen LogP contribution is 2.18. The van der Waals surface area contributed by atoms with Gasteiger partial charge in [0.15, 0.2) is 6.61 Å². The smallest absolute Gasteiger partial charge is 0.329 e. The van der Waals surface area contributed by atoms with Crippen LogP contribution in [0, 0.1) is 13.8 Å². The van der Waals surface area contributed by atoms with Gasteiger partial charge in [0.1, 0.15) is 5.75 Å². The fourth-order valence-corrected chi connectivity index (χ4v) is 3.21. The first-order valence-electron chi connectivity index (χ1n) is 10.7. The number of anilines is 1. The number of hydrogen-bond acceptors (Lipinski definition) is 6. The molecule has 0 spiro atoms. The van der Waals surface area contributed by atoms with Crippen molar-refractivity contribution in [2.75, 3.05) is 25.1 Å². The Kier molecular flexibility index (Phi) is 8.54. The van der Waals surface area contributed by atoms with Crippen molar-refractivity contribution in [2.24, 2.45) is 5.10 Å². The van der Waals surface area contributed by atoms with Gasteiger partial charge >= 0.3 is 11.8 Å². The van der Waals surface area contributed by atoms with Crippen molar-refractivity contribution in [2.45, 2.75) is 32.8 Å². The van der Waals surface area contributed by atoms with Gasteiger partial charge in [-0.25, -0.2) is 5.43 Å². The van der Waals surface area contributed by atoms with E-state index < -0.39 is 11.8 Å². The normalized spacial score (nSPS) is 15.3. The van der Waals surface area contributed by atoms with Crippen LogP contribution >= 0.6 is 0 Å². The number of rotatable bonds is 8. The summed E-state index contributed by atoms with van der Waals surface area (Å²) in [6.07, 6.45) is 3.16. The van der Waals surface area contributed by atoms with Crippen LogP contribution in [0.4, 0.5) is 5.69 Å². The minimum atomic E-state index is -0.861. The molecule has 2 aromatic rings. The van der Waals surface area contributed by atoms with E-state index in [1.165, 1.54) is 6.21 Å². The van der Waals surface area contributed by atoms with Gasteiger partial charge in [-0.3, -0.25) is 14.4 Å². The number of aryl methyl sites for hydroxylation is 1. The van der Waals surface area contributed by atoms with Crippen LogP contribution in [0.15, 0.2) is 47.6 Å². The highest BCUT2D eigenvalue weighted by atomic mass is 16.5. The van der Waals surface area contributed by atoms with Crippen LogP contribution in [0.3, 0.4) is 0 Å². The van der Waals surface area contributed by atoms with Crippen LogP contribution in [-0.2, 0) is 19.1 Å². The van der Waals surface area contributed by atoms with Gasteiger partial charge in [0.05, 0.1) is 12.3 Å². The molecule has 0 bridgehead atoms. The summed E-state index contributed by atoms with van der Waals surface area (Å²) in [5.74, 6) is -1.44. The van der Waals surface area contributed by atoms with Gasteiger partial charge in [-0.15, -0.1) is 0 Å². The molecule has 1 saturated heterocycles. The third-order valence-electron chi connectivity index (χ3n) is 5.21. The van der Waals surface area contributed by atoms with Crippen LogP contribution in [0.1, 0.15) is 29.5 Å². The number of nitrogens with one attached hydrogen (secondary N) is 3. The van der Waals surface area contributed by atoms with Crippen molar-refractivity contribution in [1.29, 1.82) is 0 Å². The number of carbonyl (C=O) groups is 3. The maximum absolute atomic E-state index is 12.2. The highest BCUT2D eigenvalue weighted by molar-refractivity contribution is 6.35. The summed E-state index contributed by atoms with van der Waals surface area (Å²) in [5, 5.41) is 9.16. The van der Waals surface area contributed by atoms with E-state index in [0.717, 1.165) is 29.7 Å². The highest BCUT2D eigenvalue weighted by Gasteiger charge is 2.19. The van der Waals surface area contributed by atoms with Crippen molar-refractivity contribution in [3.05, 3.63) is 59.2 Å². The van der Waals surface area contributed by atoms with Crippen LogP contribution in [0.2, 0.25) is 0 Å². The molecule has 1 heterocycles. The Labute approximate surface area is 192 Å². The van der Waals surface area contributed by atoms with Gasteiger partial charge in [-0.1, -0.05) is 24.3 Å². The summed E-state index contributed by atoms with van der Waals surface area (Å²) in [4.78, 5) is 35.9. The lowest BCUT2D eigenvalue weighted by Gasteiger charge is -2.11. The fraction of sp³-hybridized carbons (Fsp3) is 0.333. The zero-order chi connectivity index (χ0) is 23.6. The molecule has 1 fully saturated rings. The van der Waals surface area contributed by atoms with Gasteiger partial charge in [0.2, 0.25) is 0 Å². The molecule has 9 nitrogen and oxygen atoms in total. The molecule has 0 aromatic heterocycles. The van der Waals surface area contributed by atoms with Crippen molar-refractivity contribution < 1.29 is 23.9 Å². The first kappa shape index (κ1) is 23.9. The van der Waals surface area contributed by atoms with Crippen molar-refractivity contribution >= 4 is 29.6 Å². The summed E-state index contributed by atoms with van der Waals surface area (Å²) in [6, 6.07) is 12.6. The standard InChI is InChI=1S/C24H28N4O5/c1-16-6-3-10-21(17(16)2)27-22(29)15-33-19-8-4-7-18(12-19)13-26-28-24(31)23(30)25-14-20-9-5-11-32-20/h3-4,6-8,10,12-13,20H,5,9,11,14-15H2,1-2H3,(H,25,30)(H,27,29)(H,28,31)/b26-13-/t20-/m0/s1. The summed E-state index contributed by atoms with van der Waals surface area (Å²) in [5.41, 5.74) is 5.66. The molecule has 0 radical (unpaired) electrons. The zero-order valence-electron chi connectivity index (χ0n) is 18.7. The molecule has 33 heavy (non-hydrogen) atoms. The SMILES string of the molecule is Cc1cccc(NC(=O)COc2cccc(/C=N\NC(=O)C(=O)NC[C@@H]3CCCO3)c2)c1C. The molecule has 1 atom stereocenters. The molecule has 1 aliphatic rings. The van der Waals surface area contributed by atoms with Crippen LogP contribution in [-0.4, -0.2) is 49.8 Å². The topological polar surface area (TPSA) is 118 Å². The van der Waals surface area contributed by atoms with E-state index in [1.54, 1.807) is 24.3 Å². The lowest BCUT2D eigenvalue weighted by molar-refractivity contribution is -0.139. The molecule has 9 heteroatoms. The van der Waals surface area contributed by atoms with Crippen LogP contribution in [0.25, 0.3) is 0 Å². The fourth-order valence-electron chi connectivity index (χ4n) is 3.21. The van der Waals surface area contributed by atoms with Gasteiger partial charge in [-0.05, 0) is 61.6 Å². The monoisotopic (exact) mass is 452 g/mol. The molecule has 174 valence electrons. The Morgan fingerprint density at radius 2 is 1.97 bits per heavy atom. The second-order valence-electron chi connectivity index (χ2n) is 7.70. The predicted octanol–water partition coefficient (Wildman–Crippen LogP) is 2.07. The summed E-state index contributed by atoms with van der Waals surface area (Å²) in [6.45, 7) is 4.74. The molecule has 3 rings (SSSR count). The molecule has 0 unspecified atom stereocenters. The maximum Gasteiger partial charge on any atom is 0.329 e. The molecule has 3 N–H and O–H groups in total. The lowest BCUT2D eigenvalue weighted by atomic mass is 10.1. The third kappa shape index (κ3) is 7.43. The van der Waals surface area contributed by atoms with Crippen molar-refractivity contribution in [3.63, 3.8) is 0 Å². The van der Waals surface area contributed by atoms with Crippen molar-refractivity contribution in [3.8, 4) is 5.75 Å². The van der Waals surface area contributed by atoms with E-state index >= 15 is 0 Å². The van der Waals surface area contributed by atoms with Crippen LogP contribution < -0.4 is 20.8 Å². The molecule has 1 aliphatic heterocycles. The van der Waals surface area contributed by atoms with E-state index in [2.05, 4.69) is 21.2 Å². The average molecular weight is 453 g/mol. The summed E-state index contributed by atoms with van der Waals surface area (Å²) < 4.78 is 11.0. The summed E-state index contributed by atoms with van der Waals surface area (Å²) >= 11 is 0. The first-order valence-corrected chi connectivity index (χ1v) is 10.7. The van der Waals surface area contributed by atoms with E-state index in [9.17, 15) is 14.4 Å². The van der Waals surface area contributed by atoms with E-state index in [0.29, 0.717) is 24.5 Å². The average Bonchev–Trinajstić information content (AvgIpc) is 3.33. The number of hydrogen-bond donors (Lipinski definition) is 3. The Hall–Kier alpha value is -3.72. The van der Waals surface area contributed by atoms with Crippen LogP contribution in [0.5, 0.6) is 5.75 Å². The van der Waals surface area contributed by atoms with Gasteiger partial charge in [0.25, 0.3) is 5.91 Å². The Balaban J connectivity index is 1.44. The summed E-state index contributed by atoms with van der Waals surface area (Å²) in [7, 11) is 0. The lowest BCUT2D eigenvalue weighted by Crippen LogP contribution is -2.41. The first-order chi connectivity index (χ1) is 15.9. The van der Waals surface area contributed by atoms with E-state index in [-0.39, 0.29) is 18.6 Å². The quantitative estimate of drug-likeness (QED) is 0.322. The van der Waals surface area contributed by atoms with E-state index in [1.807, 2.05) is 32.0 Å². The second-order valence-corrected chi connectivity index (χ2v) is 7.70. The number of ether oxygens (including phenoxy) is 2. The zero-order valence-corrected chi connectivity index (χ0v) is 18.7. The Bertz CT molecular complexity index is 1030. The number of carbonyl (C=O) groups excluding carboxylic acids is 3. The number of nitrogens with zero attached hydrogens (tertiary/aromatic N) is 1. The molecule has 2 aromatic carbocycles. The number of benzene rings is 2. The van der Waals surface area contributed by atoms with E-state index in [4.69, 9.17) is 9.47 Å². The Morgan fingerprint density at radius 1 is 1.15 bits per heavy atom. The number of amides is 3. The van der Waals surface area contributed by atoms with Gasteiger partial charge < -0.3 is 20.1 Å². The Morgan fingerprint density at radius 3 is 2.76 bits per heavy atom. The minimum absolute atomic E-state index is 0.0455. The third-order valence-corrected chi connectivity index (χ3v) is 5.21.